The van der Waals surface area contributed by atoms with Gasteiger partial charge in [-0.05, 0) is 27.6 Å². The van der Waals surface area contributed by atoms with Crippen LogP contribution < -0.4 is 4.90 Å². The molecule has 1 N–H and O–H groups in total. The second-order valence-electron chi connectivity index (χ2n) is 3.97. The van der Waals surface area contributed by atoms with Crippen LogP contribution in [0.2, 0.25) is 0 Å². The fraction of sp³-hybridized carbons (Fsp3) is 0.300. The summed E-state index contributed by atoms with van der Waals surface area (Å²) in [6, 6.07) is 5.38. The largest absolute Gasteiger partial charge is 0.441 e. The van der Waals surface area contributed by atoms with Gasteiger partial charge in [0, 0.05) is 29.2 Å². The molecule has 0 unspecified atom stereocenters. The molecule has 7 nitrogen and oxygen atoms in total. The first-order valence-corrected chi connectivity index (χ1v) is 7.54. The number of hydrogen-bond acceptors (Lipinski definition) is 5. The fourth-order valence-corrected chi connectivity index (χ4v) is 2.82. The van der Waals surface area contributed by atoms with Gasteiger partial charge in [-0.1, -0.05) is 0 Å². The Kier molecular flexibility index (Phi) is 4.40. The van der Waals surface area contributed by atoms with Crippen molar-refractivity contribution in [3.8, 4) is 0 Å². The van der Waals surface area contributed by atoms with E-state index in [1.165, 1.54) is 29.2 Å². The maximum absolute atomic E-state index is 11.7. The summed E-state index contributed by atoms with van der Waals surface area (Å²) in [4.78, 5) is 12.7. The normalized spacial score (nSPS) is 19.5. The van der Waals surface area contributed by atoms with E-state index in [-0.39, 0.29) is 21.4 Å². The lowest BCUT2D eigenvalue weighted by Gasteiger charge is -2.13. The second-order valence-corrected chi connectivity index (χ2v) is 7.01. The summed E-state index contributed by atoms with van der Waals surface area (Å²) >= 11 is 10.5. The summed E-state index contributed by atoms with van der Waals surface area (Å²) in [5.74, 6) is 0. The van der Waals surface area contributed by atoms with Gasteiger partial charge < -0.3 is 9.84 Å². The third-order valence-electron chi connectivity index (χ3n) is 2.71. The van der Waals surface area contributed by atoms with Crippen LogP contribution in [0.4, 0.5) is 10.5 Å². The minimum atomic E-state index is -3.96. The molecule has 0 radical (unpaired) electrons. The highest BCUT2D eigenvalue weighted by Gasteiger charge is 2.32. The minimum absolute atomic E-state index is 0.0634. The maximum Gasteiger partial charge on any atom is 0.414 e. The third-order valence-corrected chi connectivity index (χ3v) is 5.03. The molecule has 1 aromatic rings. The predicted octanol–water partition coefficient (Wildman–Crippen LogP) is 1.30. The van der Waals surface area contributed by atoms with Gasteiger partial charge in [0.05, 0.1) is 18.0 Å². The Hall–Kier alpha value is -1.06. The Morgan fingerprint density at radius 3 is 2.40 bits per heavy atom. The zero-order valence-corrected chi connectivity index (χ0v) is 12.3. The Bertz CT molecular complexity index is 605. The molecule has 1 aromatic carbocycles. The van der Waals surface area contributed by atoms with Crippen molar-refractivity contribution in [3.63, 3.8) is 0 Å². The summed E-state index contributed by atoms with van der Waals surface area (Å²) in [5, 5.41) is 8.94. The van der Waals surface area contributed by atoms with E-state index in [9.17, 15) is 13.2 Å². The van der Waals surface area contributed by atoms with Gasteiger partial charge in [-0.15, -0.1) is 0 Å². The van der Waals surface area contributed by atoms with Crippen LogP contribution in [0.1, 0.15) is 0 Å². The molecule has 2 rings (SSSR count). The number of ether oxygens (including phenoxy) is 1. The van der Waals surface area contributed by atoms with Crippen molar-refractivity contribution in [2.45, 2.75) is 11.0 Å². The van der Waals surface area contributed by atoms with Gasteiger partial charge in [0.1, 0.15) is 6.10 Å². The Morgan fingerprint density at radius 1 is 1.35 bits per heavy atom. The molecule has 1 aliphatic heterocycles. The lowest BCUT2D eigenvalue weighted by Crippen LogP contribution is -2.25. The van der Waals surface area contributed by atoms with Crippen LogP contribution in [0.15, 0.2) is 29.2 Å². The van der Waals surface area contributed by atoms with Gasteiger partial charge in [0.2, 0.25) is 0 Å². The molecular weight excluding hydrogens is 331 g/mol. The summed E-state index contributed by atoms with van der Waals surface area (Å²) < 4.78 is 28.2. The number of sulfonamides is 1. The van der Waals surface area contributed by atoms with Gasteiger partial charge in [0.25, 0.3) is 10.0 Å². The van der Waals surface area contributed by atoms with E-state index >= 15 is 0 Å². The monoisotopic (exact) mass is 340 g/mol. The van der Waals surface area contributed by atoms with Crippen LogP contribution in [0.5, 0.6) is 0 Å². The lowest BCUT2D eigenvalue weighted by atomic mass is 10.3. The molecule has 0 bridgehead atoms. The Balaban J connectivity index is 2.24. The molecule has 1 amide bonds. The van der Waals surface area contributed by atoms with E-state index in [4.69, 9.17) is 33.4 Å². The molecular formula is C10H10Cl2N2O5S. The summed E-state index contributed by atoms with van der Waals surface area (Å²) in [7, 11) is -3.96. The van der Waals surface area contributed by atoms with E-state index in [0.717, 1.165) is 0 Å². The highest BCUT2D eigenvalue weighted by Crippen LogP contribution is 2.25. The third kappa shape index (κ3) is 2.84. The van der Waals surface area contributed by atoms with E-state index in [2.05, 4.69) is 0 Å². The average molecular weight is 341 g/mol. The van der Waals surface area contributed by atoms with Crippen molar-refractivity contribution in [1.82, 2.24) is 3.34 Å². The molecule has 1 aliphatic rings. The number of cyclic esters (lactones) is 1. The number of halogens is 2. The number of carbonyl (C=O) groups excluding carboxylic acids is 1. The van der Waals surface area contributed by atoms with Crippen LogP contribution in [0, 0.1) is 0 Å². The van der Waals surface area contributed by atoms with Gasteiger partial charge in [-0.2, -0.15) is 0 Å². The van der Waals surface area contributed by atoms with Crippen LogP contribution in [0.25, 0.3) is 0 Å². The summed E-state index contributed by atoms with van der Waals surface area (Å²) in [5.41, 5.74) is 0.445. The van der Waals surface area contributed by atoms with Crippen molar-refractivity contribution in [2.24, 2.45) is 0 Å². The fourth-order valence-electron chi connectivity index (χ4n) is 1.71. The first-order valence-electron chi connectivity index (χ1n) is 5.42. The van der Waals surface area contributed by atoms with E-state index < -0.39 is 22.2 Å². The number of anilines is 1. The van der Waals surface area contributed by atoms with Crippen molar-refractivity contribution in [2.75, 3.05) is 18.1 Å². The summed E-state index contributed by atoms with van der Waals surface area (Å²) in [6.45, 7) is -0.0826. The number of nitrogens with zero attached hydrogens (tertiary/aromatic N) is 2. The smallest absolute Gasteiger partial charge is 0.414 e. The molecule has 10 heteroatoms. The molecule has 1 atom stereocenters. The predicted molar refractivity (Wildman–Crippen MR) is 71.9 cm³/mol. The van der Waals surface area contributed by atoms with Gasteiger partial charge in [0.15, 0.2) is 0 Å². The van der Waals surface area contributed by atoms with Crippen LogP contribution in [0.3, 0.4) is 0 Å². The van der Waals surface area contributed by atoms with E-state index in [0.29, 0.717) is 5.69 Å². The van der Waals surface area contributed by atoms with Crippen molar-refractivity contribution < 1.29 is 23.1 Å². The SMILES string of the molecule is O=C1O[C@H](CO)CN1c1ccc(S(=O)(=O)N(Cl)Cl)cc1. The molecule has 1 fully saturated rings. The number of amides is 1. The number of aliphatic hydroxyl groups excluding tert-OH is 1. The first kappa shape index (κ1) is 15.3. The first-order chi connectivity index (χ1) is 9.36. The van der Waals surface area contributed by atoms with Gasteiger partial charge >= 0.3 is 6.09 Å². The zero-order valence-electron chi connectivity index (χ0n) is 9.94. The van der Waals surface area contributed by atoms with Gasteiger partial charge in [-0.25, -0.2) is 13.2 Å². The Labute approximate surface area is 125 Å². The number of carbonyl (C=O) groups is 1. The number of hydrogen-bond donors (Lipinski definition) is 1. The molecule has 0 aliphatic carbocycles. The lowest BCUT2D eigenvalue weighted by molar-refractivity contribution is 0.0963. The van der Waals surface area contributed by atoms with Crippen LogP contribution >= 0.6 is 23.6 Å². The molecule has 0 saturated carbocycles. The van der Waals surface area contributed by atoms with Crippen molar-refractivity contribution >= 4 is 45.4 Å². The second kappa shape index (κ2) is 5.74. The van der Waals surface area contributed by atoms with E-state index in [1.807, 2.05) is 0 Å². The minimum Gasteiger partial charge on any atom is -0.441 e. The highest BCUT2D eigenvalue weighted by atomic mass is 35.5. The maximum atomic E-state index is 11.7. The summed E-state index contributed by atoms with van der Waals surface area (Å²) in [6.07, 6.45) is -1.19. The molecule has 1 heterocycles. The molecule has 1 saturated heterocycles. The Morgan fingerprint density at radius 2 is 1.95 bits per heavy atom. The molecule has 20 heavy (non-hydrogen) atoms. The van der Waals surface area contributed by atoms with Crippen molar-refractivity contribution in [1.29, 1.82) is 0 Å². The highest BCUT2D eigenvalue weighted by molar-refractivity contribution is 7.91. The zero-order chi connectivity index (χ0) is 14.9. The molecule has 110 valence electrons. The van der Waals surface area contributed by atoms with Gasteiger partial charge in [-0.3, -0.25) is 4.90 Å². The number of aliphatic hydroxyl groups is 1. The topological polar surface area (TPSA) is 87.1 Å². The van der Waals surface area contributed by atoms with Crippen LogP contribution in [-0.4, -0.2) is 42.2 Å². The number of benzene rings is 1. The molecule has 0 aromatic heterocycles. The average Bonchev–Trinajstić information content (AvgIpc) is 2.80. The quantitative estimate of drug-likeness (QED) is 0.835. The van der Waals surface area contributed by atoms with Crippen LogP contribution in [-0.2, 0) is 14.8 Å². The molecule has 0 spiro atoms. The number of rotatable bonds is 4. The van der Waals surface area contributed by atoms with E-state index in [1.54, 1.807) is 0 Å². The van der Waals surface area contributed by atoms with Crippen molar-refractivity contribution in [3.05, 3.63) is 24.3 Å². The standard InChI is InChI=1S/C10H10Cl2N2O5S/c11-14(12)20(17,18)9-3-1-7(2-4-9)13-5-8(6-15)19-10(13)16/h1-4,8,15H,5-6H2/t8-/m0/s1.